The fraction of sp³-hybridized carbons (Fsp3) is 1.00. The van der Waals surface area contributed by atoms with Crippen molar-refractivity contribution in [2.24, 2.45) is 0 Å². The van der Waals surface area contributed by atoms with Crippen molar-refractivity contribution in [1.82, 2.24) is 0 Å². The van der Waals surface area contributed by atoms with Gasteiger partial charge in [-0.2, -0.15) is 0 Å². The minimum absolute atomic E-state index is 0.156. The average molecular weight is 300 g/mol. The summed E-state index contributed by atoms with van der Waals surface area (Å²) in [7, 11) is -2.24. The van der Waals surface area contributed by atoms with Crippen LogP contribution in [0.1, 0.15) is 0 Å². The van der Waals surface area contributed by atoms with Gasteiger partial charge >= 0.3 is 14.2 Å². The largest absolute Gasteiger partial charge is 0.454 e. The first-order chi connectivity index (χ1) is 9.33. The molecule has 0 unspecified atom stereocenters. The molecule has 3 rings (SSSR count). The zero-order chi connectivity index (χ0) is 14.5. The summed E-state index contributed by atoms with van der Waals surface area (Å²) in [5.41, 5.74) is 0. The van der Waals surface area contributed by atoms with Gasteiger partial charge in [-0.25, -0.2) is 0 Å². The van der Waals surface area contributed by atoms with Crippen molar-refractivity contribution in [3.05, 3.63) is 0 Å². The molecule has 3 aliphatic heterocycles. The van der Waals surface area contributed by atoms with Gasteiger partial charge in [-0.1, -0.05) is 0 Å². The molecule has 0 aromatic carbocycles. The molecule has 112 valence electrons. The van der Waals surface area contributed by atoms with Crippen molar-refractivity contribution in [3.8, 4) is 0 Å². The Morgan fingerprint density at radius 1 is 0.950 bits per heavy atom. The average Bonchev–Trinajstić information content (AvgIpc) is 2.71. The van der Waals surface area contributed by atoms with Crippen LogP contribution in [0.15, 0.2) is 0 Å². The molecule has 0 aliphatic carbocycles. The summed E-state index contributed by atoms with van der Waals surface area (Å²) < 4.78 is 35.2. The third-order valence-electron chi connectivity index (χ3n) is 3.60. The van der Waals surface area contributed by atoms with E-state index in [9.17, 15) is 0 Å². The van der Waals surface area contributed by atoms with Crippen LogP contribution in [0.4, 0.5) is 0 Å². The number of ether oxygens (including phenoxy) is 1. The Morgan fingerprint density at radius 3 is 2.30 bits per heavy atom. The SMILES string of the molecule is CB1O[C@@H]2[C@H](O1)[C@@H](O[Si](C)(C)C)O[C@@H]1COB(C)O[C@@H]21. The van der Waals surface area contributed by atoms with Gasteiger partial charge in [0.2, 0.25) is 0 Å². The van der Waals surface area contributed by atoms with Gasteiger partial charge in [0.15, 0.2) is 14.6 Å². The number of fused-ring (bicyclic) bond motifs is 3. The fourth-order valence-electron chi connectivity index (χ4n) is 2.89. The second-order valence-corrected chi connectivity index (χ2v) is 11.0. The first-order valence-electron chi connectivity index (χ1n) is 7.25. The fourth-order valence-corrected chi connectivity index (χ4v) is 3.77. The zero-order valence-corrected chi connectivity index (χ0v) is 13.7. The normalized spacial score (nSPS) is 41.5. The first-order valence-corrected chi connectivity index (χ1v) is 10.7. The molecule has 0 aromatic heterocycles. The van der Waals surface area contributed by atoms with Gasteiger partial charge in [-0.3, -0.25) is 0 Å². The smallest absolute Gasteiger partial charge is 0.408 e. The Morgan fingerprint density at radius 2 is 1.60 bits per heavy atom. The summed E-state index contributed by atoms with van der Waals surface area (Å²) in [6.07, 6.45) is -1.11. The lowest BCUT2D eigenvalue weighted by Gasteiger charge is -2.47. The van der Waals surface area contributed by atoms with E-state index in [4.69, 9.17) is 27.8 Å². The third-order valence-corrected chi connectivity index (χ3v) is 4.54. The van der Waals surface area contributed by atoms with Crippen molar-refractivity contribution >= 4 is 22.6 Å². The molecule has 3 aliphatic rings. The van der Waals surface area contributed by atoms with Crippen LogP contribution in [-0.4, -0.2) is 59.9 Å². The number of hydrogen-bond donors (Lipinski definition) is 0. The van der Waals surface area contributed by atoms with Gasteiger partial charge < -0.3 is 27.8 Å². The summed E-state index contributed by atoms with van der Waals surface area (Å²) in [5, 5.41) is 0. The lowest BCUT2D eigenvalue weighted by Crippen LogP contribution is -2.63. The molecule has 0 amide bonds. The standard InChI is InChI=1S/C11H22B2O6Si/c1-12-14-6-7-8(16-12)9-10(18-13(2)17-9)11(15-7)19-20(3,4)5/h7-11H,6H2,1-5H3/t7-,8-,9+,10+,11-/m1/s1. The summed E-state index contributed by atoms with van der Waals surface area (Å²) in [6, 6.07) is 0. The molecule has 0 aromatic rings. The molecule has 0 bridgehead atoms. The first kappa shape index (κ1) is 15.0. The predicted octanol–water partition coefficient (Wildman–Crippen LogP) is 0.998. The summed E-state index contributed by atoms with van der Waals surface area (Å²) in [4.78, 5) is 0. The van der Waals surface area contributed by atoms with Crippen molar-refractivity contribution in [3.63, 3.8) is 0 Å². The summed E-state index contributed by atoms with van der Waals surface area (Å²) in [5.74, 6) is 0. The van der Waals surface area contributed by atoms with Crippen molar-refractivity contribution in [2.75, 3.05) is 6.61 Å². The molecule has 3 saturated heterocycles. The summed E-state index contributed by atoms with van der Waals surface area (Å²) >= 11 is 0. The molecule has 0 saturated carbocycles. The molecule has 6 nitrogen and oxygen atoms in total. The molecule has 0 N–H and O–H groups in total. The van der Waals surface area contributed by atoms with E-state index in [1.54, 1.807) is 0 Å². The van der Waals surface area contributed by atoms with Crippen molar-refractivity contribution < 1.29 is 27.8 Å². The van der Waals surface area contributed by atoms with Crippen molar-refractivity contribution in [2.45, 2.75) is 64.0 Å². The summed E-state index contributed by atoms with van der Waals surface area (Å²) in [6.45, 7) is 10.7. The van der Waals surface area contributed by atoms with Crippen LogP contribution >= 0.6 is 0 Å². The van der Waals surface area contributed by atoms with E-state index in [-0.39, 0.29) is 38.7 Å². The lowest BCUT2D eigenvalue weighted by atomic mass is 9.88. The van der Waals surface area contributed by atoms with Crippen LogP contribution in [0.5, 0.6) is 0 Å². The zero-order valence-electron chi connectivity index (χ0n) is 12.7. The Kier molecular flexibility index (Phi) is 4.04. The topological polar surface area (TPSA) is 55.4 Å². The van der Waals surface area contributed by atoms with Crippen LogP contribution < -0.4 is 0 Å². The highest BCUT2D eigenvalue weighted by Gasteiger charge is 2.56. The molecule has 0 spiro atoms. The van der Waals surface area contributed by atoms with E-state index >= 15 is 0 Å². The third kappa shape index (κ3) is 2.99. The van der Waals surface area contributed by atoms with Gasteiger partial charge in [0.25, 0.3) is 0 Å². The highest BCUT2D eigenvalue weighted by Crippen LogP contribution is 2.36. The molecular formula is C11H22B2O6Si. The van der Waals surface area contributed by atoms with Gasteiger partial charge in [-0.05, 0) is 33.3 Å². The Labute approximate surface area is 121 Å². The molecule has 9 heteroatoms. The maximum absolute atomic E-state index is 6.12. The Bertz CT molecular complexity index is 367. The minimum Gasteiger partial charge on any atom is -0.408 e. The van der Waals surface area contributed by atoms with Crippen LogP contribution in [0.2, 0.25) is 33.3 Å². The van der Waals surface area contributed by atoms with Gasteiger partial charge in [0.1, 0.15) is 12.2 Å². The molecule has 3 heterocycles. The van der Waals surface area contributed by atoms with Crippen LogP contribution in [0.3, 0.4) is 0 Å². The van der Waals surface area contributed by atoms with Crippen LogP contribution in [-0.2, 0) is 27.8 Å². The van der Waals surface area contributed by atoms with Crippen molar-refractivity contribution in [1.29, 1.82) is 0 Å². The van der Waals surface area contributed by atoms with Gasteiger partial charge in [0, 0.05) is 0 Å². The molecule has 5 atom stereocenters. The maximum atomic E-state index is 6.12. The Hall–Kier alpha value is 0.107. The number of hydrogen-bond acceptors (Lipinski definition) is 6. The second-order valence-electron chi connectivity index (χ2n) is 6.54. The second kappa shape index (κ2) is 5.39. The molecular weight excluding hydrogens is 278 g/mol. The van der Waals surface area contributed by atoms with Gasteiger partial charge in [0.05, 0.1) is 18.8 Å². The predicted molar refractivity (Wildman–Crippen MR) is 76.9 cm³/mol. The minimum atomic E-state index is -1.74. The highest BCUT2D eigenvalue weighted by molar-refractivity contribution is 6.69. The Balaban J connectivity index is 1.78. The molecule has 3 fully saturated rings. The van der Waals surface area contributed by atoms with E-state index in [1.807, 2.05) is 13.6 Å². The highest BCUT2D eigenvalue weighted by atomic mass is 28.4. The van der Waals surface area contributed by atoms with E-state index in [0.717, 1.165) is 0 Å². The monoisotopic (exact) mass is 300 g/mol. The van der Waals surface area contributed by atoms with Crippen LogP contribution in [0.25, 0.3) is 0 Å². The molecule has 20 heavy (non-hydrogen) atoms. The van der Waals surface area contributed by atoms with Gasteiger partial charge in [-0.15, -0.1) is 0 Å². The number of rotatable bonds is 2. The maximum Gasteiger partial charge on any atom is 0.454 e. The molecule has 0 radical (unpaired) electrons. The van der Waals surface area contributed by atoms with E-state index < -0.39 is 14.6 Å². The van der Waals surface area contributed by atoms with E-state index in [2.05, 4.69) is 19.6 Å². The quantitative estimate of drug-likeness (QED) is 0.709. The van der Waals surface area contributed by atoms with E-state index in [0.29, 0.717) is 6.61 Å². The van der Waals surface area contributed by atoms with Crippen LogP contribution in [0, 0.1) is 0 Å². The van der Waals surface area contributed by atoms with E-state index in [1.165, 1.54) is 0 Å². The lowest BCUT2D eigenvalue weighted by molar-refractivity contribution is -0.260.